The average Bonchev–Trinajstić information content (AvgIpc) is 3.03. The topological polar surface area (TPSA) is 60.3 Å². The third kappa shape index (κ3) is 3.39. The lowest BCUT2D eigenvalue weighted by Gasteiger charge is -2.11. The number of aromatic amines is 1. The summed E-state index contributed by atoms with van der Waals surface area (Å²) in [6.45, 7) is 2.74. The van der Waals surface area contributed by atoms with Crippen LogP contribution in [0.25, 0.3) is 22.2 Å². The van der Waals surface area contributed by atoms with E-state index in [1.54, 1.807) is 14.2 Å². The number of fused-ring (bicyclic) bond motifs is 1. The molecule has 26 heavy (non-hydrogen) atoms. The van der Waals surface area contributed by atoms with Crippen molar-refractivity contribution in [2.24, 2.45) is 5.73 Å². The van der Waals surface area contributed by atoms with E-state index in [1.165, 1.54) is 10.9 Å². The SMILES string of the molecule is COc1ccc(OC)c(-c2[nH]c3c(C)c(Cl)ccc3c2CCCCN)c1. The molecule has 3 N–H and O–H groups in total. The summed E-state index contributed by atoms with van der Waals surface area (Å²) in [7, 11) is 3.35. The van der Waals surface area contributed by atoms with E-state index >= 15 is 0 Å². The van der Waals surface area contributed by atoms with Crippen molar-refractivity contribution in [3.05, 3.63) is 46.5 Å². The fraction of sp³-hybridized carbons (Fsp3) is 0.333. The van der Waals surface area contributed by atoms with Crippen LogP contribution in [0.3, 0.4) is 0 Å². The normalized spacial score (nSPS) is 11.1. The van der Waals surface area contributed by atoms with Crippen molar-refractivity contribution in [2.75, 3.05) is 20.8 Å². The van der Waals surface area contributed by atoms with Gasteiger partial charge in [-0.2, -0.15) is 0 Å². The molecular formula is C21H25ClN2O2. The Kier molecular flexibility index (Phi) is 5.74. The minimum Gasteiger partial charge on any atom is -0.497 e. The molecule has 0 bridgehead atoms. The molecule has 0 radical (unpaired) electrons. The van der Waals surface area contributed by atoms with E-state index < -0.39 is 0 Å². The number of nitrogens with one attached hydrogen (secondary N) is 1. The van der Waals surface area contributed by atoms with Crippen molar-refractivity contribution >= 4 is 22.5 Å². The molecule has 0 aliphatic carbocycles. The Morgan fingerprint density at radius 2 is 1.88 bits per heavy atom. The Balaban J connectivity index is 2.24. The number of ether oxygens (including phenoxy) is 2. The number of benzene rings is 2. The number of H-pyrrole nitrogens is 1. The maximum absolute atomic E-state index is 6.35. The molecule has 0 amide bonds. The van der Waals surface area contributed by atoms with Crippen molar-refractivity contribution in [1.29, 1.82) is 0 Å². The molecule has 0 spiro atoms. The first-order valence-corrected chi connectivity index (χ1v) is 9.20. The Hall–Kier alpha value is -2.17. The van der Waals surface area contributed by atoms with Crippen LogP contribution in [0.15, 0.2) is 30.3 Å². The molecule has 0 aliphatic heterocycles. The Bertz CT molecular complexity index is 918. The highest BCUT2D eigenvalue weighted by atomic mass is 35.5. The highest BCUT2D eigenvalue weighted by Gasteiger charge is 2.18. The highest BCUT2D eigenvalue weighted by molar-refractivity contribution is 6.32. The molecule has 5 heteroatoms. The molecular weight excluding hydrogens is 348 g/mol. The van der Waals surface area contributed by atoms with Crippen molar-refractivity contribution < 1.29 is 9.47 Å². The van der Waals surface area contributed by atoms with Gasteiger partial charge in [0.1, 0.15) is 11.5 Å². The van der Waals surface area contributed by atoms with Gasteiger partial charge in [0, 0.05) is 16.0 Å². The van der Waals surface area contributed by atoms with Crippen LogP contribution in [-0.4, -0.2) is 25.7 Å². The maximum Gasteiger partial charge on any atom is 0.128 e. The zero-order valence-corrected chi connectivity index (χ0v) is 16.2. The molecule has 0 aliphatic rings. The molecule has 0 saturated carbocycles. The van der Waals surface area contributed by atoms with Crippen LogP contribution >= 0.6 is 11.6 Å². The number of methoxy groups -OCH3 is 2. The van der Waals surface area contributed by atoms with E-state index in [0.29, 0.717) is 6.54 Å². The molecule has 3 aromatic rings. The molecule has 4 nitrogen and oxygen atoms in total. The second-order valence-corrected chi connectivity index (χ2v) is 6.79. The van der Waals surface area contributed by atoms with Gasteiger partial charge in [-0.1, -0.05) is 17.7 Å². The van der Waals surface area contributed by atoms with Crippen molar-refractivity contribution in [3.8, 4) is 22.8 Å². The number of hydrogen-bond acceptors (Lipinski definition) is 3. The monoisotopic (exact) mass is 372 g/mol. The highest BCUT2D eigenvalue weighted by Crippen LogP contribution is 2.40. The second kappa shape index (κ2) is 8.02. The number of nitrogens with two attached hydrogens (primary N) is 1. The third-order valence-electron chi connectivity index (χ3n) is 4.83. The van der Waals surface area contributed by atoms with Gasteiger partial charge >= 0.3 is 0 Å². The molecule has 0 unspecified atom stereocenters. The van der Waals surface area contributed by atoms with E-state index in [-0.39, 0.29) is 0 Å². The van der Waals surface area contributed by atoms with Gasteiger partial charge in [0.25, 0.3) is 0 Å². The van der Waals surface area contributed by atoms with Crippen molar-refractivity contribution in [2.45, 2.75) is 26.2 Å². The van der Waals surface area contributed by atoms with Crippen LogP contribution in [-0.2, 0) is 6.42 Å². The predicted octanol–water partition coefficient (Wildman–Crippen LogP) is 5.10. The molecule has 0 fully saturated rings. The Morgan fingerprint density at radius 1 is 1.08 bits per heavy atom. The number of aryl methyl sites for hydroxylation is 2. The van der Waals surface area contributed by atoms with Crippen LogP contribution in [0, 0.1) is 6.92 Å². The lowest BCUT2D eigenvalue weighted by molar-refractivity contribution is 0.404. The molecule has 1 heterocycles. The third-order valence-corrected chi connectivity index (χ3v) is 5.24. The molecule has 0 atom stereocenters. The number of halogens is 1. The summed E-state index contributed by atoms with van der Waals surface area (Å²) in [5, 5.41) is 1.96. The lowest BCUT2D eigenvalue weighted by atomic mass is 9.99. The maximum atomic E-state index is 6.35. The first kappa shape index (κ1) is 18.6. The molecule has 138 valence electrons. The second-order valence-electron chi connectivity index (χ2n) is 6.39. The molecule has 3 rings (SSSR count). The summed E-state index contributed by atoms with van der Waals surface area (Å²) in [5.41, 5.74) is 11.1. The van der Waals surface area contributed by atoms with E-state index in [2.05, 4.69) is 11.1 Å². The van der Waals surface area contributed by atoms with Crippen LogP contribution < -0.4 is 15.2 Å². The van der Waals surface area contributed by atoms with Gasteiger partial charge < -0.3 is 20.2 Å². The van der Waals surface area contributed by atoms with Gasteiger partial charge in [0.2, 0.25) is 0 Å². The van der Waals surface area contributed by atoms with Gasteiger partial charge in [-0.15, -0.1) is 0 Å². The minimum absolute atomic E-state index is 0.699. The first-order chi connectivity index (χ1) is 12.6. The van der Waals surface area contributed by atoms with Crippen LogP contribution in [0.1, 0.15) is 24.0 Å². The van der Waals surface area contributed by atoms with Gasteiger partial charge in [-0.05, 0) is 68.1 Å². The number of unbranched alkanes of at least 4 members (excludes halogenated alkanes) is 1. The summed E-state index contributed by atoms with van der Waals surface area (Å²) in [6.07, 6.45) is 2.96. The Morgan fingerprint density at radius 3 is 2.58 bits per heavy atom. The average molecular weight is 373 g/mol. The largest absolute Gasteiger partial charge is 0.497 e. The molecule has 2 aromatic carbocycles. The summed E-state index contributed by atoms with van der Waals surface area (Å²) >= 11 is 6.35. The number of hydrogen-bond donors (Lipinski definition) is 2. The van der Waals surface area contributed by atoms with Gasteiger partial charge in [0.05, 0.1) is 25.4 Å². The zero-order valence-electron chi connectivity index (χ0n) is 15.5. The number of aromatic nitrogens is 1. The van der Waals surface area contributed by atoms with Crippen LogP contribution in [0.4, 0.5) is 0 Å². The standard InChI is InChI=1S/C21H25ClN2O2/c1-13-18(22)9-8-16-15(6-4-5-11-23)21(24-20(13)16)17-12-14(25-2)7-10-19(17)26-3/h7-10,12,24H,4-6,11,23H2,1-3H3. The predicted molar refractivity (Wildman–Crippen MR) is 109 cm³/mol. The van der Waals surface area contributed by atoms with Gasteiger partial charge in [-0.3, -0.25) is 0 Å². The smallest absolute Gasteiger partial charge is 0.128 e. The van der Waals surface area contributed by atoms with E-state index in [1.807, 2.05) is 31.2 Å². The van der Waals surface area contributed by atoms with Gasteiger partial charge in [-0.25, -0.2) is 0 Å². The zero-order chi connectivity index (χ0) is 18.7. The molecule has 1 aromatic heterocycles. The van der Waals surface area contributed by atoms with Crippen LogP contribution in [0.2, 0.25) is 5.02 Å². The van der Waals surface area contributed by atoms with Crippen molar-refractivity contribution in [1.82, 2.24) is 4.98 Å². The first-order valence-electron chi connectivity index (χ1n) is 8.82. The summed E-state index contributed by atoms with van der Waals surface area (Å²) in [4.78, 5) is 3.59. The van der Waals surface area contributed by atoms with E-state index in [9.17, 15) is 0 Å². The minimum atomic E-state index is 0.699. The molecule has 0 saturated heterocycles. The summed E-state index contributed by atoms with van der Waals surface area (Å²) < 4.78 is 11.0. The lowest BCUT2D eigenvalue weighted by Crippen LogP contribution is -1.99. The fourth-order valence-electron chi connectivity index (χ4n) is 3.38. The fourth-order valence-corrected chi connectivity index (χ4v) is 3.54. The number of rotatable bonds is 7. The Labute approximate surface area is 159 Å². The van der Waals surface area contributed by atoms with Crippen molar-refractivity contribution in [3.63, 3.8) is 0 Å². The van der Waals surface area contributed by atoms with E-state index in [0.717, 1.165) is 58.1 Å². The van der Waals surface area contributed by atoms with E-state index in [4.69, 9.17) is 26.8 Å². The quantitative estimate of drug-likeness (QED) is 0.567. The van der Waals surface area contributed by atoms with Crippen LogP contribution in [0.5, 0.6) is 11.5 Å². The summed E-state index contributed by atoms with van der Waals surface area (Å²) in [6, 6.07) is 9.90. The van der Waals surface area contributed by atoms with Gasteiger partial charge in [0.15, 0.2) is 0 Å². The summed E-state index contributed by atoms with van der Waals surface area (Å²) in [5.74, 6) is 1.60.